The van der Waals surface area contributed by atoms with Crippen molar-refractivity contribution in [3.05, 3.63) is 72.4 Å². The topological polar surface area (TPSA) is 24.7 Å². The van der Waals surface area contributed by atoms with Crippen molar-refractivity contribution in [2.24, 2.45) is 9.98 Å². The predicted molar refractivity (Wildman–Crippen MR) is 104 cm³/mol. The molecule has 2 heteroatoms. The van der Waals surface area contributed by atoms with Gasteiger partial charge in [-0.25, -0.2) is 0 Å². The highest BCUT2D eigenvalue weighted by Gasteiger charge is 2.32. The first-order chi connectivity index (χ1) is 11.8. The molecule has 0 N–H and O–H groups in total. The highest BCUT2D eigenvalue weighted by Crippen LogP contribution is 2.41. The van der Waals surface area contributed by atoms with Gasteiger partial charge in [-0.3, -0.25) is 0 Å². The van der Waals surface area contributed by atoms with E-state index < -0.39 is 0 Å². The Balaban J connectivity index is 2.12. The van der Waals surface area contributed by atoms with E-state index in [1.165, 1.54) is 23.1 Å². The Kier molecular flexibility index (Phi) is 5.27. The standard InChI is InChI=1S/C22H23N2/c1-3-5-13-20(22-23-15-16-24-22)19-14-9-12-17(4-2)21(19)18-10-7-6-8-11-18/h4,6-12,14-16,20H,2-3,5,13H2,1H3/q+1. The largest absolute Gasteiger partial charge is 0.248 e. The van der Waals surface area contributed by atoms with Gasteiger partial charge in [0.25, 0.3) is 0 Å². The van der Waals surface area contributed by atoms with Crippen LogP contribution in [-0.4, -0.2) is 12.4 Å². The minimum Gasteiger partial charge on any atom is -0.0984 e. The Morgan fingerprint density at radius 3 is 2.46 bits per heavy atom. The molecular formula is C22H23N2+. The van der Waals surface area contributed by atoms with Gasteiger partial charge in [0.1, 0.15) is 0 Å². The lowest BCUT2D eigenvalue weighted by atomic mass is 9.83. The number of benzene rings is 2. The Hall–Kier alpha value is -2.61. The van der Waals surface area contributed by atoms with Crippen LogP contribution in [0.15, 0.2) is 65.1 Å². The monoisotopic (exact) mass is 315 g/mol. The first-order valence-electron chi connectivity index (χ1n) is 8.59. The Morgan fingerprint density at radius 1 is 1.04 bits per heavy atom. The van der Waals surface area contributed by atoms with Crippen molar-refractivity contribution in [2.75, 3.05) is 0 Å². The minimum absolute atomic E-state index is 0.218. The Morgan fingerprint density at radius 2 is 1.79 bits per heavy atom. The van der Waals surface area contributed by atoms with Crippen molar-refractivity contribution in [3.8, 4) is 11.1 Å². The van der Waals surface area contributed by atoms with Gasteiger partial charge in [-0.1, -0.05) is 90.9 Å². The normalized spacial score (nSPS) is 14.1. The molecular weight excluding hydrogens is 292 g/mol. The molecule has 0 bridgehead atoms. The number of hydrogen-bond acceptors (Lipinski definition) is 2. The maximum Gasteiger partial charge on any atom is 0.248 e. The zero-order chi connectivity index (χ0) is 16.8. The van der Waals surface area contributed by atoms with E-state index >= 15 is 0 Å². The summed E-state index contributed by atoms with van der Waals surface area (Å²) in [5.74, 6) is 0.218. The van der Waals surface area contributed by atoms with Gasteiger partial charge in [0, 0.05) is 0 Å². The summed E-state index contributed by atoms with van der Waals surface area (Å²) >= 11 is 0. The van der Waals surface area contributed by atoms with Crippen LogP contribution in [0, 0.1) is 6.17 Å². The fourth-order valence-corrected chi connectivity index (χ4v) is 3.25. The van der Waals surface area contributed by atoms with E-state index in [1.807, 2.05) is 6.08 Å². The molecule has 0 saturated carbocycles. The molecule has 0 spiro atoms. The zero-order valence-corrected chi connectivity index (χ0v) is 14.2. The van der Waals surface area contributed by atoms with Crippen molar-refractivity contribution in [3.63, 3.8) is 0 Å². The van der Waals surface area contributed by atoms with Crippen LogP contribution in [0.4, 0.5) is 0 Å². The second-order valence-electron chi connectivity index (χ2n) is 5.99. The third-order valence-corrected chi connectivity index (χ3v) is 4.43. The molecule has 120 valence electrons. The van der Waals surface area contributed by atoms with E-state index in [1.54, 1.807) is 12.4 Å². The molecule has 0 radical (unpaired) electrons. The lowest BCUT2D eigenvalue weighted by molar-refractivity contribution is 0.586. The number of aliphatic imine (C=N–C) groups is 2. The van der Waals surface area contributed by atoms with E-state index in [2.05, 4.69) is 72.0 Å². The molecule has 1 aliphatic rings. The second kappa shape index (κ2) is 7.78. The Labute approximate surface area is 144 Å². The molecule has 1 unspecified atom stereocenters. The van der Waals surface area contributed by atoms with Gasteiger partial charge in [-0.15, -0.1) is 0 Å². The molecule has 0 aromatic heterocycles. The van der Waals surface area contributed by atoms with Crippen molar-refractivity contribution < 1.29 is 0 Å². The summed E-state index contributed by atoms with van der Waals surface area (Å²) in [5.41, 5.74) is 4.92. The fraction of sp³-hybridized carbons (Fsp3) is 0.227. The van der Waals surface area contributed by atoms with Gasteiger partial charge in [0.05, 0.1) is 5.92 Å². The van der Waals surface area contributed by atoms with Gasteiger partial charge < -0.3 is 0 Å². The van der Waals surface area contributed by atoms with Crippen LogP contribution in [0.25, 0.3) is 17.2 Å². The average molecular weight is 315 g/mol. The molecule has 0 aliphatic carbocycles. The highest BCUT2D eigenvalue weighted by atomic mass is 15.0. The summed E-state index contributed by atoms with van der Waals surface area (Å²) in [6, 6.07) is 17.0. The smallest absolute Gasteiger partial charge is 0.0984 e. The van der Waals surface area contributed by atoms with Crippen molar-refractivity contribution in [1.29, 1.82) is 0 Å². The summed E-state index contributed by atoms with van der Waals surface area (Å²) in [6.07, 6.45) is 9.81. The highest BCUT2D eigenvalue weighted by molar-refractivity contribution is 6.18. The third kappa shape index (κ3) is 3.33. The lowest BCUT2D eigenvalue weighted by Crippen LogP contribution is -2.08. The quantitative estimate of drug-likeness (QED) is 0.567. The van der Waals surface area contributed by atoms with Crippen LogP contribution in [0.1, 0.15) is 43.2 Å². The van der Waals surface area contributed by atoms with Crippen LogP contribution in [-0.2, 0) is 0 Å². The van der Waals surface area contributed by atoms with Gasteiger partial charge >= 0.3 is 0 Å². The predicted octanol–water partition coefficient (Wildman–Crippen LogP) is 5.92. The molecule has 0 fully saturated rings. The molecule has 1 atom stereocenters. The van der Waals surface area contributed by atoms with Crippen LogP contribution in [0.2, 0.25) is 0 Å². The molecule has 3 rings (SSSR count). The van der Waals surface area contributed by atoms with Crippen molar-refractivity contribution in [2.45, 2.75) is 32.1 Å². The van der Waals surface area contributed by atoms with Gasteiger partial charge in [0.15, 0.2) is 12.4 Å². The molecule has 0 amide bonds. The average Bonchev–Trinajstić information content (AvgIpc) is 3.17. The zero-order valence-electron chi connectivity index (χ0n) is 14.2. The summed E-state index contributed by atoms with van der Waals surface area (Å²) in [4.78, 5) is 9.00. The number of hydrogen-bond donors (Lipinski definition) is 0. The van der Waals surface area contributed by atoms with Gasteiger partial charge in [0.2, 0.25) is 6.17 Å². The molecule has 2 nitrogen and oxygen atoms in total. The molecule has 2 aromatic rings. The van der Waals surface area contributed by atoms with Gasteiger partial charge in [-0.05, 0) is 28.7 Å². The first kappa shape index (κ1) is 16.3. The van der Waals surface area contributed by atoms with E-state index in [0.29, 0.717) is 0 Å². The number of nitrogens with zero attached hydrogens (tertiary/aromatic N) is 2. The van der Waals surface area contributed by atoms with E-state index in [-0.39, 0.29) is 5.92 Å². The molecule has 2 aromatic carbocycles. The lowest BCUT2D eigenvalue weighted by Gasteiger charge is -2.20. The van der Waals surface area contributed by atoms with Gasteiger partial charge in [-0.2, -0.15) is 0 Å². The van der Waals surface area contributed by atoms with Crippen LogP contribution in [0.3, 0.4) is 0 Å². The molecule has 0 saturated heterocycles. The first-order valence-corrected chi connectivity index (χ1v) is 8.59. The van der Waals surface area contributed by atoms with Crippen LogP contribution in [0.5, 0.6) is 0 Å². The molecule has 24 heavy (non-hydrogen) atoms. The second-order valence-corrected chi connectivity index (χ2v) is 5.99. The summed E-state index contributed by atoms with van der Waals surface area (Å²) in [6.45, 7) is 6.23. The molecule has 1 heterocycles. The van der Waals surface area contributed by atoms with Crippen LogP contribution >= 0.6 is 0 Å². The number of unbranched alkanes of at least 4 members (excludes halogenated alkanes) is 1. The van der Waals surface area contributed by atoms with Crippen molar-refractivity contribution >= 4 is 18.5 Å². The van der Waals surface area contributed by atoms with E-state index in [9.17, 15) is 0 Å². The Bertz CT molecular complexity index is 732. The fourth-order valence-electron chi connectivity index (χ4n) is 3.25. The minimum atomic E-state index is 0.218. The SMILES string of the molecule is C=Cc1cccc(C(CCCC)[C+]2N=CC=N2)c1-c1ccccc1. The maximum absolute atomic E-state index is 4.50. The van der Waals surface area contributed by atoms with E-state index in [0.717, 1.165) is 24.6 Å². The molecule has 1 aliphatic heterocycles. The summed E-state index contributed by atoms with van der Waals surface area (Å²) in [5, 5.41) is 0. The third-order valence-electron chi connectivity index (χ3n) is 4.43. The number of rotatable bonds is 7. The van der Waals surface area contributed by atoms with Crippen LogP contribution < -0.4 is 0 Å². The summed E-state index contributed by atoms with van der Waals surface area (Å²) < 4.78 is 0. The maximum atomic E-state index is 4.50. The van der Waals surface area contributed by atoms with Crippen molar-refractivity contribution in [1.82, 2.24) is 0 Å². The van der Waals surface area contributed by atoms with E-state index in [4.69, 9.17) is 0 Å². The summed E-state index contributed by atoms with van der Waals surface area (Å²) in [7, 11) is 0.